The van der Waals surface area contributed by atoms with Crippen LogP contribution in [0.5, 0.6) is 0 Å². The monoisotopic (exact) mass is 414 g/mol. The molecule has 0 spiro atoms. The zero-order valence-electron chi connectivity index (χ0n) is 16.5. The lowest BCUT2D eigenvalue weighted by Gasteiger charge is -2.23. The maximum Gasteiger partial charge on any atom is 0.312 e. The first-order valence-corrected chi connectivity index (χ1v) is 10.0. The van der Waals surface area contributed by atoms with Crippen LogP contribution < -0.4 is 0 Å². The topological polar surface area (TPSA) is 129 Å². The summed E-state index contributed by atoms with van der Waals surface area (Å²) in [6, 6.07) is 5.95. The zero-order valence-corrected chi connectivity index (χ0v) is 16.5. The third-order valence-corrected chi connectivity index (χ3v) is 5.66. The van der Waals surface area contributed by atoms with Crippen LogP contribution in [0, 0.1) is 16.0 Å². The Morgan fingerprint density at radius 2 is 1.97 bits per heavy atom. The molecule has 10 heteroatoms. The first kappa shape index (κ1) is 20.0. The van der Waals surface area contributed by atoms with Crippen LogP contribution in [0.1, 0.15) is 51.0 Å². The Morgan fingerprint density at radius 1 is 1.27 bits per heavy atom. The van der Waals surface area contributed by atoms with Crippen molar-refractivity contribution in [1.82, 2.24) is 15.1 Å². The summed E-state index contributed by atoms with van der Waals surface area (Å²) in [5.74, 6) is -0.640. The Kier molecular flexibility index (Phi) is 5.47. The summed E-state index contributed by atoms with van der Waals surface area (Å²) in [6.45, 7) is 2.02. The molecule has 30 heavy (non-hydrogen) atoms. The molecule has 0 N–H and O–H groups in total. The van der Waals surface area contributed by atoms with Gasteiger partial charge < -0.3 is 14.1 Å². The van der Waals surface area contributed by atoms with Crippen LogP contribution in [-0.4, -0.2) is 44.5 Å². The average Bonchev–Trinajstić information content (AvgIpc) is 3.48. The van der Waals surface area contributed by atoms with Crippen LogP contribution >= 0.6 is 0 Å². The minimum absolute atomic E-state index is 0.00903. The molecule has 158 valence electrons. The molecule has 1 aromatic carbocycles. The number of non-ortho nitro benzene ring substituents is 1. The van der Waals surface area contributed by atoms with E-state index in [1.165, 1.54) is 24.3 Å². The number of hydrogen-bond acceptors (Lipinski definition) is 8. The highest BCUT2D eigenvalue weighted by Gasteiger charge is 2.40. The van der Waals surface area contributed by atoms with Crippen molar-refractivity contribution in [2.24, 2.45) is 5.92 Å². The predicted octanol–water partition coefficient (Wildman–Crippen LogP) is 3.04. The Hall–Kier alpha value is -3.30. The van der Waals surface area contributed by atoms with E-state index < -0.39 is 22.9 Å². The van der Waals surface area contributed by atoms with Crippen LogP contribution in [0.3, 0.4) is 0 Å². The standard InChI is InChI=1S/C20H22N4O6/c1-12(18-21-22-19(30-18)13-6-8-16(9-7-13)24(27)28)29-20(26)14-10-17(25)23(11-14)15-4-2-3-5-15/h6-9,12,14-15H,2-5,10-11H2,1H3/t12-,14+/m1/s1. The number of nitro groups is 1. The van der Waals surface area contributed by atoms with E-state index in [0.717, 1.165) is 25.7 Å². The molecule has 1 saturated carbocycles. The molecule has 10 nitrogen and oxygen atoms in total. The van der Waals surface area contributed by atoms with Crippen molar-refractivity contribution in [2.75, 3.05) is 6.54 Å². The first-order chi connectivity index (χ1) is 14.4. The fraction of sp³-hybridized carbons (Fsp3) is 0.500. The maximum atomic E-state index is 12.6. The third kappa shape index (κ3) is 4.03. The minimum Gasteiger partial charge on any atom is -0.452 e. The van der Waals surface area contributed by atoms with Gasteiger partial charge in [-0.05, 0) is 31.9 Å². The van der Waals surface area contributed by atoms with Gasteiger partial charge in [-0.25, -0.2) is 0 Å². The normalized spacial score (nSPS) is 20.5. The molecule has 1 aliphatic carbocycles. The number of esters is 1. The molecule has 2 atom stereocenters. The van der Waals surface area contributed by atoms with Crippen molar-refractivity contribution in [2.45, 2.75) is 51.2 Å². The summed E-state index contributed by atoms with van der Waals surface area (Å²) in [5, 5.41) is 18.6. The predicted molar refractivity (Wildman–Crippen MR) is 103 cm³/mol. The minimum atomic E-state index is -0.771. The second-order valence-corrected chi connectivity index (χ2v) is 7.71. The number of amides is 1. The van der Waals surface area contributed by atoms with Crippen molar-refractivity contribution >= 4 is 17.6 Å². The van der Waals surface area contributed by atoms with Gasteiger partial charge in [-0.15, -0.1) is 10.2 Å². The number of aromatic nitrogens is 2. The van der Waals surface area contributed by atoms with Crippen LogP contribution in [0.15, 0.2) is 28.7 Å². The molecule has 1 saturated heterocycles. The summed E-state index contributed by atoms with van der Waals surface area (Å²) in [7, 11) is 0. The lowest BCUT2D eigenvalue weighted by atomic mass is 10.1. The Bertz CT molecular complexity index is 950. The van der Waals surface area contributed by atoms with Crippen LogP contribution in [-0.2, 0) is 14.3 Å². The highest BCUT2D eigenvalue weighted by molar-refractivity contribution is 5.87. The second kappa shape index (κ2) is 8.21. The van der Waals surface area contributed by atoms with E-state index in [-0.39, 0.29) is 35.8 Å². The number of benzene rings is 1. The fourth-order valence-electron chi connectivity index (χ4n) is 4.02. The third-order valence-electron chi connectivity index (χ3n) is 5.66. The maximum absolute atomic E-state index is 12.6. The number of hydrogen-bond donors (Lipinski definition) is 0. The van der Waals surface area contributed by atoms with Crippen LogP contribution in [0.25, 0.3) is 11.5 Å². The molecule has 2 aliphatic rings. The highest BCUT2D eigenvalue weighted by atomic mass is 16.6. The Balaban J connectivity index is 1.37. The van der Waals surface area contributed by atoms with Crippen molar-refractivity contribution < 1.29 is 23.7 Å². The molecule has 2 fully saturated rings. The van der Waals surface area contributed by atoms with Crippen molar-refractivity contribution in [3.05, 3.63) is 40.3 Å². The highest BCUT2D eigenvalue weighted by Crippen LogP contribution is 2.31. The van der Waals surface area contributed by atoms with Crippen molar-refractivity contribution in [3.8, 4) is 11.5 Å². The summed E-state index contributed by atoms with van der Waals surface area (Å²) in [4.78, 5) is 36.9. The van der Waals surface area contributed by atoms with Crippen molar-refractivity contribution in [1.29, 1.82) is 0 Å². The number of nitrogens with zero attached hydrogens (tertiary/aromatic N) is 4. The smallest absolute Gasteiger partial charge is 0.312 e. The second-order valence-electron chi connectivity index (χ2n) is 7.71. The van der Waals surface area contributed by atoms with E-state index >= 15 is 0 Å². The largest absolute Gasteiger partial charge is 0.452 e. The van der Waals surface area contributed by atoms with E-state index in [1.54, 1.807) is 6.92 Å². The van der Waals surface area contributed by atoms with Crippen LogP contribution in [0.4, 0.5) is 5.69 Å². The summed E-state index contributed by atoms with van der Waals surface area (Å²) >= 11 is 0. The van der Waals surface area contributed by atoms with E-state index in [4.69, 9.17) is 9.15 Å². The summed E-state index contributed by atoms with van der Waals surface area (Å²) < 4.78 is 11.0. The van der Waals surface area contributed by atoms with E-state index in [2.05, 4.69) is 10.2 Å². The quantitative estimate of drug-likeness (QED) is 0.401. The zero-order chi connectivity index (χ0) is 21.3. The van der Waals surface area contributed by atoms with Gasteiger partial charge in [-0.3, -0.25) is 19.7 Å². The number of carbonyl (C=O) groups is 2. The van der Waals surface area contributed by atoms with Gasteiger partial charge in [-0.2, -0.15) is 0 Å². The van der Waals surface area contributed by atoms with E-state index in [0.29, 0.717) is 12.1 Å². The molecule has 2 heterocycles. The van der Waals surface area contributed by atoms with Gasteiger partial charge in [0.1, 0.15) is 0 Å². The van der Waals surface area contributed by atoms with Gasteiger partial charge in [0.25, 0.3) is 11.6 Å². The number of ether oxygens (including phenoxy) is 1. The lowest BCUT2D eigenvalue weighted by molar-refractivity contribution is -0.384. The lowest BCUT2D eigenvalue weighted by Crippen LogP contribution is -2.35. The molecule has 0 radical (unpaired) electrons. The molecule has 2 aromatic rings. The fourth-order valence-corrected chi connectivity index (χ4v) is 4.02. The summed E-state index contributed by atoms with van der Waals surface area (Å²) in [5.41, 5.74) is 0.477. The molecule has 1 amide bonds. The van der Waals surface area contributed by atoms with Gasteiger partial charge in [-0.1, -0.05) is 12.8 Å². The molecule has 0 unspecified atom stereocenters. The molecule has 0 bridgehead atoms. The number of rotatable bonds is 6. The number of likely N-dealkylation sites (tertiary alicyclic amines) is 1. The van der Waals surface area contributed by atoms with Gasteiger partial charge in [0, 0.05) is 36.7 Å². The molecule has 4 rings (SSSR count). The molecule has 1 aromatic heterocycles. The first-order valence-electron chi connectivity index (χ1n) is 10.0. The number of carbonyl (C=O) groups excluding carboxylic acids is 2. The SMILES string of the molecule is C[C@@H](OC(=O)[C@H]1CC(=O)N(C2CCCC2)C1)c1nnc(-c2ccc([N+](=O)[O-])cc2)o1. The molecule has 1 aliphatic heterocycles. The van der Waals surface area contributed by atoms with E-state index in [9.17, 15) is 19.7 Å². The van der Waals surface area contributed by atoms with Gasteiger partial charge in [0.05, 0.1) is 10.8 Å². The van der Waals surface area contributed by atoms with Crippen LogP contribution in [0.2, 0.25) is 0 Å². The Morgan fingerprint density at radius 3 is 2.63 bits per heavy atom. The molecular weight excluding hydrogens is 392 g/mol. The van der Waals surface area contributed by atoms with Crippen molar-refractivity contribution in [3.63, 3.8) is 0 Å². The van der Waals surface area contributed by atoms with Gasteiger partial charge >= 0.3 is 5.97 Å². The average molecular weight is 414 g/mol. The molecular formula is C20H22N4O6. The van der Waals surface area contributed by atoms with E-state index in [1.807, 2.05) is 4.90 Å². The van der Waals surface area contributed by atoms with Gasteiger partial charge in [0.2, 0.25) is 11.8 Å². The Labute approximate surface area is 172 Å². The van der Waals surface area contributed by atoms with Gasteiger partial charge in [0.15, 0.2) is 6.10 Å². The number of nitro benzene ring substituents is 1. The summed E-state index contributed by atoms with van der Waals surface area (Å²) in [6.07, 6.45) is 3.63.